The van der Waals surface area contributed by atoms with Crippen molar-refractivity contribution >= 4 is 31.9 Å². The topological polar surface area (TPSA) is 21.3 Å². The molecule has 1 aliphatic carbocycles. The van der Waals surface area contributed by atoms with Crippen LogP contribution in [0.25, 0.3) is 0 Å². The maximum absolute atomic E-state index is 6.14. The van der Waals surface area contributed by atoms with Gasteiger partial charge in [-0.05, 0) is 55.7 Å². The van der Waals surface area contributed by atoms with Crippen LogP contribution in [-0.4, -0.2) is 6.04 Å². The van der Waals surface area contributed by atoms with Crippen molar-refractivity contribution < 1.29 is 4.74 Å². The van der Waals surface area contributed by atoms with Crippen LogP contribution in [0.4, 0.5) is 0 Å². The van der Waals surface area contributed by atoms with Crippen LogP contribution in [0.15, 0.2) is 45.3 Å². The van der Waals surface area contributed by atoms with Crippen molar-refractivity contribution in [3.05, 3.63) is 56.5 Å². The Morgan fingerprint density at radius 1 is 1.05 bits per heavy atom. The molecule has 0 aliphatic heterocycles. The average Bonchev–Trinajstić information content (AvgIpc) is 3.27. The lowest BCUT2D eigenvalue weighted by Gasteiger charge is -2.14. The average molecular weight is 411 g/mol. The van der Waals surface area contributed by atoms with Crippen LogP contribution in [0.3, 0.4) is 0 Å². The van der Waals surface area contributed by atoms with Gasteiger partial charge in [-0.15, -0.1) is 0 Å². The van der Waals surface area contributed by atoms with Crippen LogP contribution >= 0.6 is 31.9 Å². The van der Waals surface area contributed by atoms with Gasteiger partial charge >= 0.3 is 0 Å². The fourth-order valence-electron chi connectivity index (χ4n) is 2.13. The maximum Gasteiger partial charge on any atom is 0.132 e. The smallest absolute Gasteiger partial charge is 0.132 e. The molecule has 0 bridgehead atoms. The maximum atomic E-state index is 6.14. The van der Waals surface area contributed by atoms with E-state index >= 15 is 0 Å². The van der Waals surface area contributed by atoms with E-state index in [1.807, 2.05) is 24.3 Å². The zero-order chi connectivity index (χ0) is 14.8. The zero-order valence-corrected chi connectivity index (χ0v) is 15.0. The molecule has 1 fully saturated rings. The van der Waals surface area contributed by atoms with Gasteiger partial charge in [0.15, 0.2) is 0 Å². The minimum Gasteiger partial charge on any atom is -0.457 e. The Labute approximate surface area is 142 Å². The number of nitrogens with one attached hydrogen (secondary N) is 1. The molecule has 2 aromatic carbocycles. The molecule has 0 atom stereocenters. The Hall–Kier alpha value is -0.840. The lowest BCUT2D eigenvalue weighted by molar-refractivity contribution is 0.468. The van der Waals surface area contributed by atoms with Crippen molar-refractivity contribution in [1.29, 1.82) is 0 Å². The lowest BCUT2D eigenvalue weighted by Crippen LogP contribution is -2.15. The van der Waals surface area contributed by atoms with E-state index in [-0.39, 0.29) is 0 Å². The van der Waals surface area contributed by atoms with E-state index < -0.39 is 0 Å². The largest absolute Gasteiger partial charge is 0.457 e. The quantitative estimate of drug-likeness (QED) is 0.696. The third kappa shape index (κ3) is 4.09. The molecular weight excluding hydrogens is 394 g/mol. The normalized spacial score (nSPS) is 14.2. The minimum atomic E-state index is 0.685. The minimum absolute atomic E-state index is 0.685. The van der Waals surface area contributed by atoms with Gasteiger partial charge in [-0.3, -0.25) is 0 Å². The number of aryl methyl sites for hydroxylation is 1. The standard InChI is InChI=1S/C17H17Br2NO/c1-11-2-3-14(19)9-17(11)21-16-7-4-13(18)8-12(16)10-20-15-5-6-15/h2-4,7-9,15,20H,5-6,10H2,1H3. The first-order chi connectivity index (χ1) is 10.1. The third-order valence-corrected chi connectivity index (χ3v) is 4.54. The van der Waals surface area contributed by atoms with Gasteiger partial charge < -0.3 is 10.1 Å². The van der Waals surface area contributed by atoms with E-state index in [4.69, 9.17) is 4.74 Å². The van der Waals surface area contributed by atoms with Crippen LogP contribution in [0.2, 0.25) is 0 Å². The third-order valence-electron chi connectivity index (χ3n) is 3.55. The highest BCUT2D eigenvalue weighted by Crippen LogP contribution is 2.32. The Bertz CT molecular complexity index is 653. The molecule has 1 saturated carbocycles. The Morgan fingerprint density at radius 3 is 2.52 bits per heavy atom. The SMILES string of the molecule is Cc1ccc(Br)cc1Oc1ccc(Br)cc1CNC1CC1. The summed E-state index contributed by atoms with van der Waals surface area (Å²) in [6.07, 6.45) is 2.57. The summed E-state index contributed by atoms with van der Waals surface area (Å²) in [7, 11) is 0. The molecule has 0 unspecified atom stereocenters. The summed E-state index contributed by atoms with van der Waals surface area (Å²) in [6.45, 7) is 2.90. The monoisotopic (exact) mass is 409 g/mol. The molecule has 0 spiro atoms. The summed E-state index contributed by atoms with van der Waals surface area (Å²) >= 11 is 7.04. The lowest BCUT2D eigenvalue weighted by atomic mass is 10.2. The summed E-state index contributed by atoms with van der Waals surface area (Å²) in [4.78, 5) is 0. The molecule has 21 heavy (non-hydrogen) atoms. The van der Waals surface area contributed by atoms with Crippen LogP contribution in [0, 0.1) is 6.92 Å². The molecule has 0 heterocycles. The molecule has 1 N–H and O–H groups in total. The van der Waals surface area contributed by atoms with Crippen LogP contribution in [0.1, 0.15) is 24.0 Å². The van der Waals surface area contributed by atoms with E-state index in [1.165, 1.54) is 18.4 Å². The molecule has 0 aromatic heterocycles. The first-order valence-electron chi connectivity index (χ1n) is 7.07. The Balaban J connectivity index is 1.84. The van der Waals surface area contributed by atoms with E-state index in [9.17, 15) is 0 Å². The van der Waals surface area contributed by atoms with Crippen LogP contribution in [0.5, 0.6) is 11.5 Å². The van der Waals surface area contributed by atoms with Gasteiger partial charge in [0.1, 0.15) is 11.5 Å². The molecule has 2 nitrogen and oxygen atoms in total. The van der Waals surface area contributed by atoms with Gasteiger partial charge in [0.05, 0.1) is 0 Å². The van der Waals surface area contributed by atoms with Crippen molar-refractivity contribution in [3.8, 4) is 11.5 Å². The first kappa shape index (κ1) is 15.1. The predicted molar refractivity (Wildman–Crippen MR) is 93.0 cm³/mol. The summed E-state index contributed by atoms with van der Waals surface area (Å²) in [6, 6.07) is 12.9. The van der Waals surface area contributed by atoms with Gasteiger partial charge in [-0.2, -0.15) is 0 Å². The molecule has 3 rings (SSSR count). The summed E-state index contributed by atoms with van der Waals surface area (Å²) in [5.41, 5.74) is 2.30. The number of ether oxygens (including phenoxy) is 1. The molecule has 1 aliphatic rings. The molecule has 0 radical (unpaired) electrons. The number of rotatable bonds is 5. The van der Waals surface area contributed by atoms with Gasteiger partial charge in [0.2, 0.25) is 0 Å². The van der Waals surface area contributed by atoms with Gasteiger partial charge in [0.25, 0.3) is 0 Å². The summed E-state index contributed by atoms with van der Waals surface area (Å²) in [5.74, 6) is 1.80. The Kier molecular flexibility index (Phi) is 4.67. The van der Waals surface area contributed by atoms with Crippen molar-refractivity contribution in [1.82, 2.24) is 5.32 Å². The van der Waals surface area contributed by atoms with Crippen molar-refractivity contribution in [2.24, 2.45) is 0 Å². The first-order valence-corrected chi connectivity index (χ1v) is 8.66. The van der Waals surface area contributed by atoms with E-state index in [2.05, 4.69) is 56.2 Å². The zero-order valence-electron chi connectivity index (χ0n) is 11.8. The molecule has 0 saturated heterocycles. The fraction of sp³-hybridized carbons (Fsp3) is 0.294. The summed E-state index contributed by atoms with van der Waals surface area (Å²) in [5, 5.41) is 3.54. The number of halogens is 2. The highest BCUT2D eigenvalue weighted by molar-refractivity contribution is 9.10. The van der Waals surface area contributed by atoms with Gasteiger partial charge in [0, 0.05) is 27.1 Å². The van der Waals surface area contributed by atoms with Gasteiger partial charge in [-0.25, -0.2) is 0 Å². The van der Waals surface area contributed by atoms with Crippen molar-refractivity contribution in [2.75, 3.05) is 0 Å². The van der Waals surface area contributed by atoms with Gasteiger partial charge in [-0.1, -0.05) is 37.9 Å². The highest BCUT2D eigenvalue weighted by atomic mass is 79.9. The summed E-state index contributed by atoms with van der Waals surface area (Å²) < 4.78 is 8.24. The Morgan fingerprint density at radius 2 is 1.76 bits per heavy atom. The number of hydrogen-bond acceptors (Lipinski definition) is 2. The van der Waals surface area contributed by atoms with Crippen LogP contribution in [-0.2, 0) is 6.54 Å². The fourth-order valence-corrected chi connectivity index (χ4v) is 2.88. The van der Waals surface area contributed by atoms with Crippen LogP contribution < -0.4 is 10.1 Å². The predicted octanol–water partition coefficient (Wildman–Crippen LogP) is 5.56. The van der Waals surface area contributed by atoms with E-state index in [1.54, 1.807) is 0 Å². The van der Waals surface area contributed by atoms with E-state index in [0.29, 0.717) is 6.04 Å². The second-order valence-corrected chi connectivity index (χ2v) is 7.25. The van der Waals surface area contributed by atoms with E-state index in [0.717, 1.165) is 32.6 Å². The molecular formula is C17H17Br2NO. The second kappa shape index (κ2) is 6.51. The molecule has 110 valence electrons. The highest BCUT2D eigenvalue weighted by Gasteiger charge is 2.20. The molecule has 4 heteroatoms. The molecule has 2 aromatic rings. The molecule has 0 amide bonds. The second-order valence-electron chi connectivity index (χ2n) is 5.42. The van der Waals surface area contributed by atoms with Crippen molar-refractivity contribution in [3.63, 3.8) is 0 Å². The number of benzene rings is 2. The number of hydrogen-bond donors (Lipinski definition) is 1. The van der Waals surface area contributed by atoms with Crippen molar-refractivity contribution in [2.45, 2.75) is 32.4 Å².